The number of para-hydroxylation sites is 2. The second kappa shape index (κ2) is 32.8. The number of rotatable bonds is 12. The van der Waals surface area contributed by atoms with E-state index in [-0.39, 0.29) is 0 Å². The van der Waals surface area contributed by atoms with Gasteiger partial charge < -0.3 is 18.3 Å². The second-order valence-electron chi connectivity index (χ2n) is 36.0. The summed E-state index contributed by atoms with van der Waals surface area (Å²) in [4.78, 5) is 8.20. The molecule has 4 heterocycles. The van der Waals surface area contributed by atoms with Crippen LogP contribution in [0.4, 0.5) is 11.4 Å². The van der Waals surface area contributed by atoms with Crippen molar-refractivity contribution in [2.75, 3.05) is 0 Å². The molecule has 628 valence electrons. The van der Waals surface area contributed by atoms with E-state index in [2.05, 4.69) is 414 Å². The minimum absolute atomic E-state index is 0.482. The molecule has 22 rings (SSSR count). The summed E-state index contributed by atoms with van der Waals surface area (Å²) in [6.07, 6.45) is 0. The maximum atomic E-state index is 11.0. The Morgan fingerprint density at radius 1 is 0.197 bits per heavy atom. The lowest BCUT2D eigenvalue weighted by Gasteiger charge is -2.15. The Morgan fingerprint density at radius 2 is 0.402 bits per heavy atom. The minimum atomic E-state index is 0.482. The first-order chi connectivity index (χ1) is 64.2. The molecular formula is C124H92N8. The highest BCUT2D eigenvalue weighted by Gasteiger charge is 2.25. The molecule has 0 fully saturated rings. The van der Waals surface area contributed by atoms with Crippen molar-refractivity contribution in [3.05, 3.63) is 440 Å². The number of fused-ring (bicyclic) bond motifs is 12. The molecular weight excluding hydrogens is 1600 g/mol. The van der Waals surface area contributed by atoms with E-state index in [9.17, 15) is 10.5 Å². The van der Waals surface area contributed by atoms with E-state index in [1.54, 1.807) is 0 Å². The Balaban J connectivity index is 0.000000164. The van der Waals surface area contributed by atoms with Crippen molar-refractivity contribution in [1.82, 2.24) is 18.3 Å². The summed E-state index contributed by atoms with van der Waals surface area (Å²) >= 11 is 0. The number of hydrogen-bond donors (Lipinski definition) is 0. The third kappa shape index (κ3) is 14.1. The number of nitriles is 2. The fraction of sp³-hybridized carbons (Fsp3) is 0.0968. The van der Waals surface area contributed by atoms with Crippen LogP contribution >= 0.6 is 0 Å². The molecule has 4 aromatic heterocycles. The molecule has 22 aromatic rings. The highest BCUT2D eigenvalue weighted by atomic mass is 15.0. The first-order valence-corrected chi connectivity index (χ1v) is 45.0. The average molecular weight is 1690 g/mol. The van der Waals surface area contributed by atoms with Gasteiger partial charge in [-0.1, -0.05) is 240 Å². The van der Waals surface area contributed by atoms with E-state index >= 15 is 0 Å². The Hall–Kier alpha value is -16.9. The van der Waals surface area contributed by atoms with Gasteiger partial charge in [0.25, 0.3) is 0 Å². The molecule has 0 radical (unpaired) electrons. The average Bonchev–Trinajstić information content (AvgIpc) is 1.59. The van der Waals surface area contributed by atoms with Crippen LogP contribution in [0, 0.1) is 119 Å². The Bertz CT molecular complexity index is 8130. The Labute approximate surface area is 769 Å². The summed E-state index contributed by atoms with van der Waals surface area (Å²) in [6.45, 7) is 42.8. The third-order valence-electron chi connectivity index (χ3n) is 27.1. The van der Waals surface area contributed by atoms with Gasteiger partial charge in [-0.25, -0.2) is 9.69 Å². The van der Waals surface area contributed by atoms with Crippen LogP contribution < -0.4 is 0 Å². The van der Waals surface area contributed by atoms with Crippen LogP contribution in [-0.2, 0) is 0 Å². The molecule has 0 atom stereocenters. The predicted octanol–water partition coefficient (Wildman–Crippen LogP) is 33.6. The van der Waals surface area contributed by atoms with Gasteiger partial charge in [0.1, 0.15) is 0 Å². The Kier molecular flexibility index (Phi) is 20.4. The van der Waals surface area contributed by atoms with E-state index in [0.717, 1.165) is 132 Å². The minimum Gasteiger partial charge on any atom is -0.311 e. The predicted molar refractivity (Wildman–Crippen MR) is 553 cm³/mol. The van der Waals surface area contributed by atoms with Crippen LogP contribution in [0.2, 0.25) is 0 Å². The zero-order valence-corrected chi connectivity index (χ0v) is 75.9. The number of hydrogen-bond acceptors (Lipinski definition) is 2. The van der Waals surface area contributed by atoms with E-state index < -0.39 is 0 Å². The van der Waals surface area contributed by atoms with E-state index in [4.69, 9.17) is 13.1 Å². The molecule has 0 aliphatic rings. The monoisotopic (exact) mass is 1690 g/mol. The van der Waals surface area contributed by atoms with Crippen molar-refractivity contribution in [3.63, 3.8) is 0 Å². The van der Waals surface area contributed by atoms with Gasteiger partial charge in [0.2, 0.25) is 0 Å². The summed E-state index contributed by atoms with van der Waals surface area (Å²) in [7, 11) is 0. The Morgan fingerprint density at radius 3 is 0.629 bits per heavy atom. The summed E-state index contributed by atoms with van der Waals surface area (Å²) in [5.74, 6) is 0. The van der Waals surface area contributed by atoms with Gasteiger partial charge >= 0.3 is 0 Å². The standard InChI is InChI=1S/C70H54N4.C54H38N4/c1-41-10-20-56(45(5)30-41)49-14-26-67-62(35-49)63-36-50(57-21-11-42(2)31-46(57)6)15-27-68(63)73(67)54-18-24-60(53(34-54)40-71)61-25-19-55(39-66(61)72-9)74-69-28-16-51(58-22-12-43(3)32-47(58)7)37-64(69)65-38-52(17-29-70(65)74)59-23-13-44(4)33-48(59)8;1-33-14-20-42(35(3)26-33)37-16-24-53-48(29-37)46-10-6-8-12-51(46)57(53)40-18-22-44(39(28-40)32-55)45-23-19-41(31-50(45)56-5)58-52-13-9-7-11-47(52)49-30-38(17-25-54(49)58)43-21-15-34(2)27-36(43)4/h10-39H,1-8H3;6-31H,1-4H3. The van der Waals surface area contributed by atoms with Gasteiger partial charge in [0.15, 0.2) is 11.4 Å². The summed E-state index contributed by atoms with van der Waals surface area (Å²) in [5, 5.41) is 30.8. The number of aryl methyl sites for hydroxylation is 12. The van der Waals surface area contributed by atoms with Crippen LogP contribution in [0.3, 0.4) is 0 Å². The molecule has 18 aromatic carbocycles. The molecule has 8 nitrogen and oxygen atoms in total. The smallest absolute Gasteiger partial charge is 0.197 e. The van der Waals surface area contributed by atoms with Gasteiger partial charge in [0.05, 0.1) is 80.5 Å². The van der Waals surface area contributed by atoms with Crippen molar-refractivity contribution in [1.29, 1.82) is 10.5 Å². The topological polar surface area (TPSA) is 76.0 Å². The second-order valence-corrected chi connectivity index (χ2v) is 36.0. The maximum Gasteiger partial charge on any atom is 0.197 e. The molecule has 0 N–H and O–H groups in total. The zero-order valence-electron chi connectivity index (χ0n) is 75.9. The lowest BCUT2D eigenvalue weighted by molar-refractivity contribution is 1.17. The number of nitrogens with zero attached hydrogens (tertiary/aromatic N) is 8. The molecule has 0 unspecified atom stereocenters. The molecule has 0 bridgehead atoms. The lowest BCUT2D eigenvalue weighted by Crippen LogP contribution is -1.97. The molecule has 0 spiro atoms. The van der Waals surface area contributed by atoms with Crippen molar-refractivity contribution >= 4 is 98.6 Å². The first kappa shape index (κ1) is 82.1. The van der Waals surface area contributed by atoms with Gasteiger partial charge in [-0.3, -0.25) is 0 Å². The quantitative estimate of drug-likeness (QED) is 0.114. The lowest BCUT2D eigenvalue weighted by atomic mass is 9.95. The molecule has 0 amide bonds. The van der Waals surface area contributed by atoms with Crippen LogP contribution in [0.15, 0.2) is 340 Å². The molecule has 0 aliphatic carbocycles. The van der Waals surface area contributed by atoms with Crippen LogP contribution in [0.1, 0.15) is 77.9 Å². The van der Waals surface area contributed by atoms with Crippen molar-refractivity contribution in [2.24, 2.45) is 0 Å². The fourth-order valence-corrected chi connectivity index (χ4v) is 20.9. The van der Waals surface area contributed by atoms with E-state index in [1.807, 2.05) is 48.5 Å². The van der Waals surface area contributed by atoms with Gasteiger partial charge in [-0.2, -0.15) is 10.5 Å². The van der Waals surface area contributed by atoms with Crippen molar-refractivity contribution in [3.8, 4) is 124 Å². The molecule has 0 saturated heterocycles. The van der Waals surface area contributed by atoms with Crippen LogP contribution in [0.5, 0.6) is 0 Å². The molecule has 132 heavy (non-hydrogen) atoms. The highest BCUT2D eigenvalue weighted by molar-refractivity contribution is 6.16. The SMILES string of the molecule is [C-]#[N+]c1cc(-n2c3ccc(-c4ccc(C)cc4C)cc3c3cc(-c4ccc(C)cc4C)ccc32)ccc1-c1ccc(-n2c3ccc(-c4ccc(C)cc4C)cc3c3cc(-c4ccc(C)cc4C)ccc32)cc1C#N.[C-]#[N+]c1cc(-n2c3ccccc3c3cc(-c4ccc(C)cc4C)ccc32)ccc1-c1ccc(-n2c3ccccc3c3cc(-c4ccc(C)cc4C)ccc32)cc1C#N. The number of aromatic nitrogens is 4. The van der Waals surface area contributed by atoms with Crippen molar-refractivity contribution in [2.45, 2.75) is 83.1 Å². The van der Waals surface area contributed by atoms with E-state index in [1.165, 1.54) is 134 Å². The summed E-state index contributed by atoms with van der Waals surface area (Å²) in [6, 6.07) is 126. The normalized spacial score (nSPS) is 11.5. The zero-order chi connectivity index (χ0) is 90.8. The molecule has 0 aliphatic heterocycles. The van der Waals surface area contributed by atoms with Crippen LogP contribution in [-0.4, -0.2) is 18.3 Å². The van der Waals surface area contributed by atoms with Crippen molar-refractivity contribution < 1.29 is 0 Å². The van der Waals surface area contributed by atoms with Crippen LogP contribution in [0.25, 0.3) is 209 Å². The van der Waals surface area contributed by atoms with Gasteiger partial charge in [-0.15, -0.1) is 0 Å². The highest BCUT2D eigenvalue weighted by Crippen LogP contribution is 2.47. The summed E-state index contributed by atoms with van der Waals surface area (Å²) in [5.41, 5.74) is 46.3. The largest absolute Gasteiger partial charge is 0.311 e. The summed E-state index contributed by atoms with van der Waals surface area (Å²) < 4.78 is 9.06. The third-order valence-corrected chi connectivity index (χ3v) is 27.1. The molecule has 0 saturated carbocycles. The van der Waals surface area contributed by atoms with E-state index in [0.29, 0.717) is 22.5 Å². The molecule has 8 heteroatoms. The van der Waals surface area contributed by atoms with Gasteiger partial charge in [-0.05, 0) is 339 Å². The van der Waals surface area contributed by atoms with Gasteiger partial charge in [0, 0.05) is 65.8 Å². The fourth-order valence-electron chi connectivity index (χ4n) is 20.9. The number of benzene rings is 18. The first-order valence-electron chi connectivity index (χ1n) is 45.0. The maximum absolute atomic E-state index is 11.0.